The number of piperidine rings is 1. The van der Waals surface area contributed by atoms with Crippen molar-refractivity contribution in [3.05, 3.63) is 11.9 Å². The van der Waals surface area contributed by atoms with E-state index >= 15 is 0 Å². The molecule has 1 atom stereocenters. The fourth-order valence-corrected chi connectivity index (χ4v) is 2.35. The molecule has 1 saturated heterocycles. The highest BCUT2D eigenvalue weighted by atomic mass is 16.5. The Hall–Kier alpha value is -1.89. The van der Waals surface area contributed by atoms with Gasteiger partial charge in [-0.05, 0) is 19.3 Å². The number of amides is 1. The molecule has 1 fully saturated rings. The number of ether oxygens (including phenoxy) is 1. The highest BCUT2D eigenvalue weighted by molar-refractivity contribution is 5.83. The third-order valence-electron chi connectivity index (χ3n) is 3.18. The van der Waals surface area contributed by atoms with Crippen LogP contribution in [0.2, 0.25) is 0 Å². The summed E-state index contributed by atoms with van der Waals surface area (Å²) >= 11 is 0. The predicted molar refractivity (Wildman–Crippen MR) is 71.3 cm³/mol. The first-order chi connectivity index (χ1) is 9.11. The summed E-state index contributed by atoms with van der Waals surface area (Å²) in [5.74, 6) is 1.19. The third-order valence-corrected chi connectivity index (χ3v) is 3.18. The quantitative estimate of drug-likeness (QED) is 0.796. The van der Waals surface area contributed by atoms with Gasteiger partial charge in [0.2, 0.25) is 5.91 Å². The highest BCUT2D eigenvalue weighted by Gasteiger charge is 2.28. The lowest BCUT2D eigenvalue weighted by Crippen LogP contribution is -2.48. The molecular formula is C12H19N5O2. The Kier molecular flexibility index (Phi) is 4.16. The van der Waals surface area contributed by atoms with Gasteiger partial charge in [0.1, 0.15) is 24.3 Å². The normalized spacial score (nSPS) is 19.4. The molecule has 1 aliphatic heterocycles. The summed E-state index contributed by atoms with van der Waals surface area (Å²) in [5.41, 5.74) is 11.2. The number of nitrogens with two attached hydrogens (primary N) is 2. The number of hydrogen-bond donors (Lipinski definition) is 2. The number of nitrogen functional groups attached to an aromatic ring is 1. The first-order valence-corrected chi connectivity index (χ1v) is 6.30. The largest absolute Gasteiger partial charge is 0.384 e. The summed E-state index contributed by atoms with van der Waals surface area (Å²) in [6.07, 6.45) is 2.75. The number of carbonyl (C=O) groups excluding carboxylic acids is 1. The molecule has 19 heavy (non-hydrogen) atoms. The van der Waals surface area contributed by atoms with Crippen molar-refractivity contribution in [3.63, 3.8) is 0 Å². The number of aromatic nitrogens is 2. The lowest BCUT2D eigenvalue weighted by molar-refractivity contribution is -0.119. The average Bonchev–Trinajstić information content (AvgIpc) is 2.38. The number of carbonyl (C=O) groups is 1. The summed E-state index contributed by atoms with van der Waals surface area (Å²) in [6, 6.07) is 1.35. The van der Waals surface area contributed by atoms with Crippen LogP contribution in [0.5, 0.6) is 0 Å². The Balaban J connectivity index is 2.30. The van der Waals surface area contributed by atoms with Crippen molar-refractivity contribution in [1.29, 1.82) is 0 Å². The van der Waals surface area contributed by atoms with Crippen LogP contribution in [0, 0.1) is 0 Å². The molecule has 7 nitrogen and oxygen atoms in total. The highest BCUT2D eigenvalue weighted by Crippen LogP contribution is 2.24. The van der Waals surface area contributed by atoms with E-state index in [1.165, 1.54) is 0 Å². The van der Waals surface area contributed by atoms with Gasteiger partial charge in [0, 0.05) is 19.7 Å². The molecule has 0 radical (unpaired) electrons. The topological polar surface area (TPSA) is 107 Å². The second-order valence-electron chi connectivity index (χ2n) is 4.61. The van der Waals surface area contributed by atoms with Crippen LogP contribution in [0.1, 0.15) is 25.1 Å². The number of nitrogens with zero attached hydrogens (tertiary/aromatic N) is 3. The van der Waals surface area contributed by atoms with Gasteiger partial charge in [0.05, 0.1) is 0 Å². The van der Waals surface area contributed by atoms with Crippen molar-refractivity contribution in [2.45, 2.75) is 31.9 Å². The number of hydrogen-bond acceptors (Lipinski definition) is 6. The van der Waals surface area contributed by atoms with Gasteiger partial charge in [-0.3, -0.25) is 4.79 Å². The molecule has 0 aromatic carbocycles. The molecule has 0 spiro atoms. The van der Waals surface area contributed by atoms with E-state index in [2.05, 4.69) is 9.97 Å². The molecule has 1 aliphatic rings. The van der Waals surface area contributed by atoms with Gasteiger partial charge in [-0.2, -0.15) is 0 Å². The molecule has 104 valence electrons. The van der Waals surface area contributed by atoms with Gasteiger partial charge in [0.15, 0.2) is 5.82 Å². The van der Waals surface area contributed by atoms with Crippen molar-refractivity contribution in [3.8, 4) is 0 Å². The van der Waals surface area contributed by atoms with Gasteiger partial charge in [-0.15, -0.1) is 0 Å². The Labute approximate surface area is 111 Å². The van der Waals surface area contributed by atoms with Crippen molar-refractivity contribution in [2.24, 2.45) is 5.73 Å². The number of methoxy groups -OCH3 is 1. The fraction of sp³-hybridized carbons (Fsp3) is 0.583. The maximum absolute atomic E-state index is 11.5. The van der Waals surface area contributed by atoms with Crippen LogP contribution in [-0.2, 0) is 16.1 Å². The van der Waals surface area contributed by atoms with E-state index in [-0.39, 0.29) is 18.6 Å². The molecule has 1 unspecified atom stereocenters. The lowest BCUT2D eigenvalue weighted by atomic mass is 10.0. The Morgan fingerprint density at radius 1 is 1.53 bits per heavy atom. The van der Waals surface area contributed by atoms with Crippen molar-refractivity contribution >= 4 is 17.5 Å². The molecule has 7 heteroatoms. The zero-order valence-electron chi connectivity index (χ0n) is 11.0. The minimum absolute atomic E-state index is 0.285. The van der Waals surface area contributed by atoms with Crippen LogP contribution >= 0.6 is 0 Å². The van der Waals surface area contributed by atoms with Gasteiger partial charge in [-0.25, -0.2) is 9.97 Å². The fourth-order valence-electron chi connectivity index (χ4n) is 2.35. The summed E-state index contributed by atoms with van der Waals surface area (Å²) in [5, 5.41) is 0. The first-order valence-electron chi connectivity index (χ1n) is 6.30. The number of rotatable bonds is 4. The zero-order valence-corrected chi connectivity index (χ0v) is 11.0. The maximum Gasteiger partial charge on any atom is 0.240 e. The molecular weight excluding hydrogens is 246 g/mol. The lowest BCUT2D eigenvalue weighted by Gasteiger charge is -2.34. The van der Waals surface area contributed by atoms with Crippen molar-refractivity contribution in [1.82, 2.24) is 9.97 Å². The number of primary amides is 1. The number of anilines is 2. The molecule has 1 amide bonds. The van der Waals surface area contributed by atoms with Crippen LogP contribution in [-0.4, -0.2) is 35.6 Å². The second kappa shape index (κ2) is 5.83. The minimum atomic E-state index is -0.329. The van der Waals surface area contributed by atoms with Gasteiger partial charge >= 0.3 is 0 Å². The SMILES string of the molecule is COCc1nc(N)cc(N2CCCCC2C(N)=O)n1. The summed E-state index contributed by atoms with van der Waals surface area (Å²) in [6.45, 7) is 1.03. The molecule has 2 rings (SSSR count). The zero-order chi connectivity index (χ0) is 13.8. The Bertz CT molecular complexity index is 465. The third kappa shape index (κ3) is 3.11. The first kappa shape index (κ1) is 13.5. The predicted octanol–water partition coefficient (Wildman–Crippen LogP) is 0.0494. The van der Waals surface area contributed by atoms with Gasteiger partial charge in [0.25, 0.3) is 0 Å². The van der Waals surface area contributed by atoms with Crippen LogP contribution in [0.15, 0.2) is 6.07 Å². The summed E-state index contributed by atoms with van der Waals surface area (Å²) in [7, 11) is 1.57. The molecule has 0 aliphatic carbocycles. The van der Waals surface area contributed by atoms with E-state index in [0.29, 0.717) is 17.5 Å². The van der Waals surface area contributed by atoms with Gasteiger partial charge < -0.3 is 21.1 Å². The Morgan fingerprint density at radius 3 is 3.00 bits per heavy atom. The molecule has 2 heterocycles. The molecule has 0 bridgehead atoms. The smallest absolute Gasteiger partial charge is 0.240 e. The van der Waals surface area contributed by atoms with Crippen LogP contribution in [0.4, 0.5) is 11.6 Å². The van der Waals surface area contributed by atoms with Crippen LogP contribution in [0.3, 0.4) is 0 Å². The Morgan fingerprint density at radius 2 is 2.32 bits per heavy atom. The van der Waals surface area contributed by atoms with E-state index in [1.807, 2.05) is 4.90 Å². The van der Waals surface area contributed by atoms with Crippen molar-refractivity contribution < 1.29 is 9.53 Å². The summed E-state index contributed by atoms with van der Waals surface area (Å²) in [4.78, 5) is 21.9. The standard InChI is InChI=1S/C12H19N5O2/c1-19-7-10-15-9(13)6-11(16-10)17-5-3-2-4-8(17)12(14)18/h6,8H,2-5,7H2,1H3,(H2,14,18)(H2,13,15,16). The van der Waals surface area contributed by atoms with E-state index in [9.17, 15) is 4.79 Å². The second-order valence-corrected chi connectivity index (χ2v) is 4.61. The van der Waals surface area contributed by atoms with E-state index in [0.717, 1.165) is 25.8 Å². The van der Waals surface area contributed by atoms with Crippen LogP contribution < -0.4 is 16.4 Å². The van der Waals surface area contributed by atoms with E-state index in [1.54, 1.807) is 13.2 Å². The molecule has 0 saturated carbocycles. The van der Waals surface area contributed by atoms with Crippen LogP contribution in [0.25, 0.3) is 0 Å². The van der Waals surface area contributed by atoms with E-state index in [4.69, 9.17) is 16.2 Å². The maximum atomic E-state index is 11.5. The molecule has 1 aromatic heterocycles. The summed E-state index contributed by atoms with van der Waals surface area (Å²) < 4.78 is 5.01. The monoisotopic (exact) mass is 265 g/mol. The average molecular weight is 265 g/mol. The van der Waals surface area contributed by atoms with E-state index < -0.39 is 0 Å². The minimum Gasteiger partial charge on any atom is -0.384 e. The molecule has 1 aromatic rings. The molecule has 4 N–H and O–H groups in total. The van der Waals surface area contributed by atoms with Crippen molar-refractivity contribution in [2.75, 3.05) is 24.3 Å². The van der Waals surface area contributed by atoms with Gasteiger partial charge in [-0.1, -0.05) is 0 Å².